The quantitative estimate of drug-likeness (QED) is 0.338. The van der Waals surface area contributed by atoms with Crippen LogP contribution in [0.1, 0.15) is 22.5 Å². The van der Waals surface area contributed by atoms with Crippen LogP contribution in [0.15, 0.2) is 16.6 Å². The van der Waals surface area contributed by atoms with Crippen LogP contribution in [0.2, 0.25) is 5.02 Å². The summed E-state index contributed by atoms with van der Waals surface area (Å²) in [6.45, 7) is 2.06. The number of likely N-dealkylation sites (tertiary alicyclic amines) is 1. The van der Waals surface area contributed by atoms with Gasteiger partial charge in [-0.3, -0.25) is 9.69 Å². The number of carbonyl (C=O) groups excluding carboxylic acids is 1. The number of halogens is 1. The van der Waals surface area contributed by atoms with Crippen LogP contribution in [0.5, 0.6) is 0 Å². The highest BCUT2D eigenvalue weighted by molar-refractivity contribution is 7.12. The van der Waals surface area contributed by atoms with Crippen molar-refractivity contribution in [1.82, 2.24) is 10.2 Å². The molecule has 0 spiro atoms. The third-order valence-corrected chi connectivity index (χ3v) is 4.60. The van der Waals surface area contributed by atoms with E-state index in [4.69, 9.17) is 22.5 Å². The second kappa shape index (κ2) is 6.92. The number of piperidine rings is 1. The summed E-state index contributed by atoms with van der Waals surface area (Å²) in [5.74, 6) is 0.0951. The molecular formula is C12H17ClN4O2S. The summed E-state index contributed by atoms with van der Waals surface area (Å²) < 4.78 is 0. The van der Waals surface area contributed by atoms with E-state index in [9.17, 15) is 4.79 Å². The Morgan fingerprint density at radius 3 is 2.85 bits per heavy atom. The highest BCUT2D eigenvalue weighted by Crippen LogP contribution is 2.22. The molecule has 0 radical (unpaired) electrons. The third kappa shape index (κ3) is 3.84. The minimum absolute atomic E-state index is 0.111. The molecule has 2 heterocycles. The van der Waals surface area contributed by atoms with E-state index in [2.05, 4.69) is 15.4 Å². The first-order valence-electron chi connectivity index (χ1n) is 6.32. The van der Waals surface area contributed by atoms with Gasteiger partial charge in [-0.15, -0.1) is 11.3 Å². The average Bonchev–Trinajstić information content (AvgIpc) is 2.87. The highest BCUT2D eigenvalue weighted by Gasteiger charge is 2.22. The van der Waals surface area contributed by atoms with Gasteiger partial charge >= 0.3 is 0 Å². The number of nitrogens with one attached hydrogen (secondary N) is 1. The fourth-order valence-electron chi connectivity index (χ4n) is 2.20. The lowest BCUT2D eigenvalue weighted by Crippen LogP contribution is -2.46. The number of oxime groups is 1. The first-order chi connectivity index (χ1) is 9.60. The SMILES string of the molecule is N/C(CN1CCC(NC(=O)c2sccc2Cl)CC1)=N/O. The minimum Gasteiger partial charge on any atom is -0.409 e. The second-order valence-corrected chi connectivity index (χ2v) is 6.04. The molecule has 1 aromatic rings. The van der Waals surface area contributed by atoms with Gasteiger partial charge in [-0.05, 0) is 24.3 Å². The Morgan fingerprint density at radius 2 is 2.30 bits per heavy atom. The van der Waals surface area contributed by atoms with Crippen LogP contribution in [-0.4, -0.2) is 47.5 Å². The number of carbonyl (C=O) groups is 1. The molecule has 0 aliphatic carbocycles. The molecule has 4 N–H and O–H groups in total. The molecule has 20 heavy (non-hydrogen) atoms. The number of nitrogens with two attached hydrogens (primary N) is 1. The molecule has 1 aromatic heterocycles. The standard InChI is InChI=1S/C12H17ClN4O2S/c13-9-3-6-20-11(9)12(18)15-8-1-4-17(5-2-8)7-10(14)16-19/h3,6,8,19H,1-2,4-5,7H2,(H2,14,16)(H,15,18). The molecule has 0 saturated carbocycles. The van der Waals surface area contributed by atoms with Gasteiger partial charge < -0.3 is 16.3 Å². The van der Waals surface area contributed by atoms with Crippen LogP contribution in [0, 0.1) is 0 Å². The number of amidine groups is 1. The predicted molar refractivity (Wildman–Crippen MR) is 79.7 cm³/mol. The van der Waals surface area contributed by atoms with E-state index in [1.807, 2.05) is 0 Å². The number of amides is 1. The van der Waals surface area contributed by atoms with Crippen molar-refractivity contribution in [2.24, 2.45) is 10.9 Å². The molecule has 1 aliphatic rings. The van der Waals surface area contributed by atoms with E-state index in [-0.39, 0.29) is 17.8 Å². The molecule has 0 unspecified atom stereocenters. The molecule has 1 aliphatic heterocycles. The van der Waals surface area contributed by atoms with Crippen molar-refractivity contribution in [2.45, 2.75) is 18.9 Å². The van der Waals surface area contributed by atoms with Gasteiger partial charge in [0.2, 0.25) is 0 Å². The van der Waals surface area contributed by atoms with E-state index >= 15 is 0 Å². The fourth-order valence-corrected chi connectivity index (χ4v) is 3.25. The zero-order valence-corrected chi connectivity index (χ0v) is 12.5. The minimum atomic E-state index is -0.111. The van der Waals surface area contributed by atoms with Gasteiger partial charge in [0.15, 0.2) is 5.84 Å². The Hall–Kier alpha value is -1.31. The van der Waals surface area contributed by atoms with Crippen molar-refractivity contribution in [2.75, 3.05) is 19.6 Å². The molecule has 110 valence electrons. The summed E-state index contributed by atoms with van der Waals surface area (Å²) in [5.41, 5.74) is 5.48. The van der Waals surface area contributed by atoms with Gasteiger partial charge in [-0.2, -0.15) is 0 Å². The van der Waals surface area contributed by atoms with E-state index in [0.717, 1.165) is 25.9 Å². The van der Waals surface area contributed by atoms with E-state index in [1.54, 1.807) is 11.4 Å². The van der Waals surface area contributed by atoms with Crippen LogP contribution >= 0.6 is 22.9 Å². The molecule has 8 heteroatoms. The maximum Gasteiger partial charge on any atom is 0.263 e. The molecular weight excluding hydrogens is 300 g/mol. The zero-order chi connectivity index (χ0) is 14.5. The smallest absolute Gasteiger partial charge is 0.263 e. The lowest BCUT2D eigenvalue weighted by Gasteiger charge is -2.31. The Labute approximate surface area is 126 Å². The number of hydrogen-bond donors (Lipinski definition) is 3. The fraction of sp³-hybridized carbons (Fsp3) is 0.500. The van der Waals surface area contributed by atoms with Crippen LogP contribution in [-0.2, 0) is 0 Å². The Morgan fingerprint density at radius 1 is 1.60 bits per heavy atom. The second-order valence-electron chi connectivity index (χ2n) is 4.71. The normalized spacial score (nSPS) is 18.1. The van der Waals surface area contributed by atoms with Gasteiger partial charge in [-0.1, -0.05) is 16.8 Å². The Balaban J connectivity index is 1.80. The Bertz CT molecular complexity index is 497. The topological polar surface area (TPSA) is 91.0 Å². The zero-order valence-electron chi connectivity index (χ0n) is 10.9. The van der Waals surface area contributed by atoms with Gasteiger partial charge in [0.1, 0.15) is 4.88 Å². The van der Waals surface area contributed by atoms with E-state index < -0.39 is 0 Å². The monoisotopic (exact) mass is 316 g/mol. The molecule has 1 amide bonds. The number of nitrogens with zero attached hydrogens (tertiary/aromatic N) is 2. The largest absolute Gasteiger partial charge is 0.409 e. The first kappa shape index (κ1) is 15.1. The predicted octanol–water partition coefficient (Wildman–Crippen LogP) is 1.34. The molecule has 6 nitrogen and oxygen atoms in total. The first-order valence-corrected chi connectivity index (χ1v) is 7.58. The molecule has 0 atom stereocenters. The molecule has 1 saturated heterocycles. The third-order valence-electron chi connectivity index (χ3n) is 3.26. The highest BCUT2D eigenvalue weighted by atomic mass is 35.5. The van der Waals surface area contributed by atoms with Crippen molar-refractivity contribution in [3.05, 3.63) is 21.3 Å². The van der Waals surface area contributed by atoms with Gasteiger partial charge in [0, 0.05) is 19.1 Å². The van der Waals surface area contributed by atoms with Gasteiger partial charge in [-0.25, -0.2) is 0 Å². The summed E-state index contributed by atoms with van der Waals surface area (Å²) in [6.07, 6.45) is 1.68. The maximum atomic E-state index is 12.0. The van der Waals surface area contributed by atoms with Crippen LogP contribution in [0.4, 0.5) is 0 Å². The summed E-state index contributed by atoms with van der Waals surface area (Å²) in [7, 11) is 0. The van der Waals surface area contributed by atoms with Crippen LogP contribution in [0.3, 0.4) is 0 Å². The maximum absolute atomic E-state index is 12.0. The molecule has 1 fully saturated rings. The molecule has 0 bridgehead atoms. The lowest BCUT2D eigenvalue weighted by molar-refractivity contribution is 0.0919. The average molecular weight is 317 g/mol. The van der Waals surface area contributed by atoms with Gasteiger partial charge in [0.05, 0.1) is 11.6 Å². The van der Waals surface area contributed by atoms with E-state index in [0.29, 0.717) is 16.4 Å². The number of thiophene rings is 1. The lowest BCUT2D eigenvalue weighted by atomic mass is 10.0. The molecule has 0 aromatic carbocycles. The van der Waals surface area contributed by atoms with E-state index in [1.165, 1.54) is 11.3 Å². The van der Waals surface area contributed by atoms with Crippen molar-refractivity contribution < 1.29 is 10.0 Å². The summed E-state index contributed by atoms with van der Waals surface area (Å²) in [5, 5.41) is 16.8. The number of hydrogen-bond acceptors (Lipinski definition) is 5. The van der Waals surface area contributed by atoms with Crippen molar-refractivity contribution in [3.63, 3.8) is 0 Å². The van der Waals surface area contributed by atoms with Crippen molar-refractivity contribution in [3.8, 4) is 0 Å². The number of rotatable bonds is 4. The summed E-state index contributed by atoms with van der Waals surface area (Å²) in [4.78, 5) is 14.7. The Kier molecular flexibility index (Phi) is 5.22. The van der Waals surface area contributed by atoms with Crippen molar-refractivity contribution >= 4 is 34.7 Å². The van der Waals surface area contributed by atoms with Gasteiger partial charge in [0.25, 0.3) is 5.91 Å². The van der Waals surface area contributed by atoms with Crippen LogP contribution in [0.25, 0.3) is 0 Å². The van der Waals surface area contributed by atoms with Crippen LogP contribution < -0.4 is 11.1 Å². The van der Waals surface area contributed by atoms with Crippen molar-refractivity contribution in [1.29, 1.82) is 0 Å². The molecule has 2 rings (SSSR count). The summed E-state index contributed by atoms with van der Waals surface area (Å²) >= 11 is 7.28. The summed E-state index contributed by atoms with van der Waals surface area (Å²) in [6, 6.07) is 1.87.